The summed E-state index contributed by atoms with van der Waals surface area (Å²) in [6.07, 6.45) is -5.32. The minimum Gasteiger partial charge on any atom is -0.479 e. The van der Waals surface area contributed by atoms with Crippen molar-refractivity contribution < 1.29 is 32.5 Å². The molecule has 6 nitrogen and oxygen atoms in total. The van der Waals surface area contributed by atoms with E-state index in [1.807, 2.05) is 19.1 Å². The second kappa shape index (κ2) is 11.8. The van der Waals surface area contributed by atoms with E-state index in [0.717, 1.165) is 46.3 Å². The molecule has 0 radical (unpaired) electrons. The predicted molar refractivity (Wildman–Crippen MR) is 137 cm³/mol. The molecule has 4 rings (SSSR count). The number of carboxylic acids is 1. The molecule has 0 spiro atoms. The van der Waals surface area contributed by atoms with Gasteiger partial charge >= 0.3 is 12.1 Å². The van der Waals surface area contributed by atoms with Crippen molar-refractivity contribution in [2.24, 2.45) is 0 Å². The Kier molecular flexibility index (Phi) is 8.79. The maximum Gasteiger partial charge on any atom is 0.416 e. The van der Waals surface area contributed by atoms with E-state index in [1.165, 1.54) is 30.4 Å². The Morgan fingerprint density at radius 2 is 1.92 bits per heavy atom. The Labute approximate surface area is 221 Å². The van der Waals surface area contributed by atoms with E-state index in [-0.39, 0.29) is 0 Å². The van der Waals surface area contributed by atoms with Crippen LogP contribution in [0.4, 0.5) is 13.2 Å². The summed E-state index contributed by atoms with van der Waals surface area (Å²) < 4.78 is 49.9. The molecule has 1 saturated heterocycles. The van der Waals surface area contributed by atoms with Crippen molar-refractivity contribution in [1.82, 2.24) is 9.88 Å². The van der Waals surface area contributed by atoms with Crippen LogP contribution in [0.3, 0.4) is 0 Å². The number of thioether (sulfide) groups is 1. The largest absolute Gasteiger partial charge is 0.479 e. The highest BCUT2D eigenvalue weighted by Gasteiger charge is 2.30. The summed E-state index contributed by atoms with van der Waals surface area (Å²) in [7, 11) is 0. The van der Waals surface area contributed by atoms with Crippen molar-refractivity contribution in [3.63, 3.8) is 0 Å². The number of rotatable bonds is 9. The molecular formula is C26H27F3N2O4S2. The first kappa shape index (κ1) is 27.4. The van der Waals surface area contributed by atoms with E-state index in [4.69, 9.17) is 19.6 Å². The van der Waals surface area contributed by atoms with Crippen molar-refractivity contribution in [3.05, 3.63) is 64.2 Å². The Hall–Kier alpha value is -2.60. The average Bonchev–Trinajstić information content (AvgIpc) is 3.26. The van der Waals surface area contributed by atoms with Crippen LogP contribution < -0.4 is 4.74 Å². The minimum atomic E-state index is -4.38. The highest BCUT2D eigenvalue weighted by Crippen LogP contribution is 2.36. The van der Waals surface area contributed by atoms with Crippen LogP contribution in [-0.4, -0.2) is 53.4 Å². The van der Waals surface area contributed by atoms with Gasteiger partial charge in [-0.05, 0) is 49.7 Å². The van der Waals surface area contributed by atoms with E-state index in [9.17, 15) is 18.0 Å². The number of ether oxygens (including phenoxy) is 2. The molecule has 0 saturated carbocycles. The summed E-state index contributed by atoms with van der Waals surface area (Å²) in [5.41, 5.74) is 1.72. The van der Waals surface area contributed by atoms with Gasteiger partial charge in [0.15, 0.2) is 6.10 Å². The van der Waals surface area contributed by atoms with Gasteiger partial charge in [0.05, 0.1) is 24.5 Å². The SMILES string of the molecule is Cc1cc(SCc2sc(-c3ccc(C(F)(F)F)cc3)nc2CN2CCOCC2)ccc1OC(C)C(=O)O. The average molecular weight is 553 g/mol. The number of thiazole rings is 1. The number of carboxylic acid groups (broad SMARTS) is 1. The third-order valence-corrected chi connectivity index (χ3v) is 8.23. The highest BCUT2D eigenvalue weighted by molar-refractivity contribution is 7.98. The van der Waals surface area contributed by atoms with Gasteiger partial charge in [0.25, 0.3) is 0 Å². The lowest BCUT2D eigenvalue weighted by molar-refractivity contribution is -0.144. The molecule has 1 fully saturated rings. The second-order valence-corrected chi connectivity index (χ2v) is 10.8. The molecule has 2 aromatic carbocycles. The second-order valence-electron chi connectivity index (χ2n) is 8.67. The fourth-order valence-corrected chi connectivity index (χ4v) is 5.92. The van der Waals surface area contributed by atoms with Gasteiger partial charge in [0.2, 0.25) is 0 Å². The molecule has 198 valence electrons. The van der Waals surface area contributed by atoms with Gasteiger partial charge in [-0.3, -0.25) is 4.90 Å². The first-order chi connectivity index (χ1) is 17.6. The van der Waals surface area contributed by atoms with Crippen LogP contribution in [0.2, 0.25) is 0 Å². The summed E-state index contributed by atoms with van der Waals surface area (Å²) >= 11 is 3.11. The van der Waals surface area contributed by atoms with Gasteiger partial charge in [0.1, 0.15) is 10.8 Å². The molecule has 0 aliphatic carbocycles. The van der Waals surface area contributed by atoms with E-state index in [0.29, 0.717) is 41.8 Å². The number of hydrogen-bond donors (Lipinski definition) is 1. The Morgan fingerprint density at radius 1 is 1.22 bits per heavy atom. The van der Waals surface area contributed by atoms with E-state index >= 15 is 0 Å². The third kappa shape index (κ3) is 7.25. The predicted octanol–water partition coefficient (Wildman–Crippen LogP) is 6.11. The summed E-state index contributed by atoms with van der Waals surface area (Å²) in [5.74, 6) is 0.137. The van der Waals surface area contributed by atoms with Crippen LogP contribution in [0, 0.1) is 6.92 Å². The van der Waals surface area contributed by atoms with Crippen molar-refractivity contribution in [2.45, 2.75) is 43.3 Å². The normalized spacial score (nSPS) is 15.5. The van der Waals surface area contributed by atoms with Crippen molar-refractivity contribution >= 4 is 29.1 Å². The zero-order chi connectivity index (χ0) is 26.6. The molecule has 2 heterocycles. The lowest BCUT2D eigenvalue weighted by Gasteiger charge is -2.26. The molecule has 0 bridgehead atoms. The van der Waals surface area contributed by atoms with Crippen LogP contribution in [0.25, 0.3) is 10.6 Å². The Balaban J connectivity index is 1.53. The fraction of sp³-hybridized carbons (Fsp3) is 0.385. The maximum absolute atomic E-state index is 13.0. The van der Waals surface area contributed by atoms with E-state index in [1.54, 1.807) is 17.8 Å². The van der Waals surface area contributed by atoms with Gasteiger partial charge in [0, 0.05) is 40.7 Å². The van der Waals surface area contributed by atoms with Crippen LogP contribution in [0.5, 0.6) is 5.75 Å². The molecule has 37 heavy (non-hydrogen) atoms. The number of halogens is 3. The Morgan fingerprint density at radius 3 is 2.54 bits per heavy atom. The van der Waals surface area contributed by atoms with Crippen molar-refractivity contribution in [1.29, 1.82) is 0 Å². The van der Waals surface area contributed by atoms with Crippen molar-refractivity contribution in [2.75, 3.05) is 26.3 Å². The number of aryl methyl sites for hydroxylation is 1. The number of aliphatic carboxylic acids is 1. The number of carbonyl (C=O) groups is 1. The molecule has 1 aliphatic heterocycles. The fourth-order valence-electron chi connectivity index (χ4n) is 3.75. The van der Waals surface area contributed by atoms with Crippen LogP contribution in [0.1, 0.15) is 28.6 Å². The summed E-state index contributed by atoms with van der Waals surface area (Å²) in [4.78, 5) is 20.2. The van der Waals surface area contributed by atoms with Gasteiger partial charge < -0.3 is 14.6 Å². The van der Waals surface area contributed by atoms with Gasteiger partial charge in [-0.15, -0.1) is 23.1 Å². The molecule has 1 unspecified atom stereocenters. The number of nitrogens with zero attached hydrogens (tertiary/aromatic N) is 2. The van der Waals surface area contributed by atoms with E-state index in [2.05, 4.69) is 4.90 Å². The van der Waals surface area contributed by atoms with Gasteiger partial charge in [-0.2, -0.15) is 13.2 Å². The van der Waals surface area contributed by atoms with Crippen molar-refractivity contribution in [3.8, 4) is 16.3 Å². The first-order valence-corrected chi connectivity index (χ1v) is 13.5. The minimum absolute atomic E-state index is 0.523. The maximum atomic E-state index is 13.0. The molecule has 3 aromatic rings. The summed E-state index contributed by atoms with van der Waals surface area (Å²) in [6, 6.07) is 10.7. The lowest BCUT2D eigenvalue weighted by Crippen LogP contribution is -2.35. The monoisotopic (exact) mass is 552 g/mol. The highest BCUT2D eigenvalue weighted by atomic mass is 32.2. The van der Waals surface area contributed by atoms with Crippen LogP contribution in [0.15, 0.2) is 47.4 Å². The van der Waals surface area contributed by atoms with Crippen LogP contribution in [-0.2, 0) is 28.0 Å². The standard InChI is InChI=1S/C26H27F3N2O4S2/c1-16-13-20(7-8-22(16)35-17(2)25(32)33)36-15-23-21(14-31-9-11-34-12-10-31)30-24(37-23)18-3-5-19(6-4-18)26(27,28)29/h3-8,13,17H,9-12,14-15H2,1-2H3,(H,32,33). The molecule has 0 amide bonds. The zero-order valence-corrected chi connectivity index (χ0v) is 22.0. The number of benzene rings is 2. The number of alkyl halides is 3. The first-order valence-electron chi connectivity index (χ1n) is 11.7. The number of morpholine rings is 1. The van der Waals surface area contributed by atoms with Gasteiger partial charge in [-0.1, -0.05) is 12.1 Å². The van der Waals surface area contributed by atoms with E-state index < -0.39 is 23.8 Å². The number of aromatic nitrogens is 1. The third-order valence-electron chi connectivity index (χ3n) is 5.88. The molecule has 1 atom stereocenters. The Bertz CT molecular complexity index is 1230. The van der Waals surface area contributed by atoms with Crippen LogP contribution >= 0.6 is 23.1 Å². The quantitative estimate of drug-likeness (QED) is 0.321. The summed E-state index contributed by atoms with van der Waals surface area (Å²) in [5, 5.41) is 9.77. The zero-order valence-electron chi connectivity index (χ0n) is 20.4. The topological polar surface area (TPSA) is 71.9 Å². The lowest BCUT2D eigenvalue weighted by atomic mass is 10.1. The number of hydrogen-bond acceptors (Lipinski definition) is 7. The summed E-state index contributed by atoms with van der Waals surface area (Å²) in [6.45, 7) is 6.92. The molecular weight excluding hydrogens is 525 g/mol. The molecule has 1 aliphatic rings. The molecule has 11 heteroatoms. The molecule has 1 aromatic heterocycles. The van der Waals surface area contributed by atoms with Gasteiger partial charge in [-0.25, -0.2) is 9.78 Å². The molecule has 1 N–H and O–H groups in total. The smallest absolute Gasteiger partial charge is 0.416 e.